The molecule has 0 bridgehead atoms. The number of hydrogen-bond acceptors (Lipinski definition) is 6. The van der Waals surface area contributed by atoms with Gasteiger partial charge in [-0.2, -0.15) is 10.4 Å². The predicted octanol–water partition coefficient (Wildman–Crippen LogP) is 3.88. The molecule has 2 aromatic carbocycles. The van der Waals surface area contributed by atoms with Crippen LogP contribution in [0.5, 0.6) is 11.5 Å². The van der Waals surface area contributed by atoms with Gasteiger partial charge in [0, 0.05) is 18.3 Å². The van der Waals surface area contributed by atoms with E-state index in [0.717, 1.165) is 5.69 Å². The van der Waals surface area contributed by atoms with E-state index in [-0.39, 0.29) is 5.91 Å². The number of nitrogen functional groups attached to an aromatic ring is 1. The summed E-state index contributed by atoms with van der Waals surface area (Å²) in [5.41, 5.74) is 8.44. The van der Waals surface area contributed by atoms with Crippen molar-refractivity contribution in [1.82, 2.24) is 20.1 Å². The van der Waals surface area contributed by atoms with Crippen LogP contribution >= 0.6 is 0 Å². The molecule has 0 radical (unpaired) electrons. The second kappa shape index (κ2) is 10.1. The van der Waals surface area contributed by atoms with Gasteiger partial charge in [-0.05, 0) is 61.4 Å². The van der Waals surface area contributed by atoms with Crippen molar-refractivity contribution in [3.05, 3.63) is 95.9 Å². The average Bonchev–Trinajstić information content (AvgIpc) is 3.18. The number of amides is 1. The number of pyridine rings is 1. The molecule has 8 nitrogen and oxygen atoms in total. The number of anilines is 1. The number of hydrogen-bond donors (Lipinski definition) is 2. The predicted molar refractivity (Wildman–Crippen MR) is 124 cm³/mol. The number of aryl methyl sites for hydroxylation is 1. The van der Waals surface area contributed by atoms with Gasteiger partial charge in [-0.3, -0.25) is 9.78 Å². The molecule has 0 aliphatic heterocycles. The molecule has 0 spiro atoms. The van der Waals surface area contributed by atoms with Crippen molar-refractivity contribution in [2.24, 2.45) is 0 Å². The van der Waals surface area contributed by atoms with Crippen LogP contribution in [-0.2, 0) is 6.42 Å². The van der Waals surface area contributed by atoms with Gasteiger partial charge in [-0.1, -0.05) is 18.2 Å². The third-order valence-electron chi connectivity index (χ3n) is 4.97. The maximum absolute atomic E-state index is 12.4. The van der Waals surface area contributed by atoms with Crippen molar-refractivity contribution in [2.75, 3.05) is 12.3 Å². The Kier molecular flexibility index (Phi) is 6.61. The first-order valence-electron chi connectivity index (χ1n) is 10.4. The highest BCUT2D eigenvalue weighted by Crippen LogP contribution is 2.22. The first kappa shape index (κ1) is 21.6. The maximum Gasteiger partial charge on any atom is 0.251 e. The van der Waals surface area contributed by atoms with Crippen LogP contribution in [0.25, 0.3) is 5.69 Å². The third-order valence-corrected chi connectivity index (χ3v) is 4.97. The second-order valence-electron chi connectivity index (χ2n) is 7.24. The van der Waals surface area contributed by atoms with Gasteiger partial charge in [0.25, 0.3) is 5.91 Å². The zero-order chi connectivity index (χ0) is 23.0. The highest BCUT2D eigenvalue weighted by Gasteiger charge is 2.16. The van der Waals surface area contributed by atoms with E-state index in [0.29, 0.717) is 53.5 Å². The van der Waals surface area contributed by atoms with Crippen molar-refractivity contribution in [3.63, 3.8) is 0 Å². The fourth-order valence-electron chi connectivity index (χ4n) is 3.32. The van der Waals surface area contributed by atoms with Gasteiger partial charge in [0.05, 0.1) is 17.6 Å². The molecule has 0 saturated carbocycles. The summed E-state index contributed by atoms with van der Waals surface area (Å²) in [7, 11) is 0. The quantitative estimate of drug-likeness (QED) is 0.403. The minimum absolute atomic E-state index is 0.183. The number of benzene rings is 2. The number of carbonyl (C=O) groups excluding carboxylic acids is 1. The van der Waals surface area contributed by atoms with Gasteiger partial charge in [0.1, 0.15) is 28.9 Å². The highest BCUT2D eigenvalue weighted by molar-refractivity contribution is 5.94. The summed E-state index contributed by atoms with van der Waals surface area (Å²) in [6, 6.07) is 22.0. The fourth-order valence-corrected chi connectivity index (χ4v) is 3.32. The van der Waals surface area contributed by atoms with Crippen molar-refractivity contribution >= 4 is 11.7 Å². The van der Waals surface area contributed by atoms with E-state index in [4.69, 9.17) is 10.5 Å². The lowest BCUT2D eigenvalue weighted by Gasteiger charge is -2.07. The van der Waals surface area contributed by atoms with E-state index in [9.17, 15) is 10.1 Å². The summed E-state index contributed by atoms with van der Waals surface area (Å²) in [5.74, 6) is 1.38. The summed E-state index contributed by atoms with van der Waals surface area (Å²) < 4.78 is 7.26. The third kappa shape index (κ3) is 5.17. The molecule has 0 atom stereocenters. The van der Waals surface area contributed by atoms with E-state index in [1.807, 2.05) is 36.4 Å². The Hall–Kier alpha value is -4.64. The van der Waals surface area contributed by atoms with E-state index in [2.05, 4.69) is 21.5 Å². The molecule has 0 fully saturated rings. The zero-order valence-corrected chi connectivity index (χ0v) is 17.8. The van der Waals surface area contributed by atoms with Crippen LogP contribution in [0.15, 0.2) is 79.1 Å². The minimum Gasteiger partial charge on any atom is -0.456 e. The lowest BCUT2D eigenvalue weighted by molar-refractivity contribution is 0.0953. The molecular formula is C25H22N6O2. The van der Waals surface area contributed by atoms with E-state index >= 15 is 0 Å². The number of nitrogens with one attached hydrogen (secondary N) is 1. The average molecular weight is 438 g/mol. The van der Waals surface area contributed by atoms with Gasteiger partial charge in [-0.25, -0.2) is 4.68 Å². The Morgan fingerprint density at radius 3 is 2.55 bits per heavy atom. The van der Waals surface area contributed by atoms with Gasteiger partial charge < -0.3 is 15.8 Å². The SMILES string of the molecule is N#Cc1c(CCCNC(=O)c2ccc(Oc3cccnc3)cc2)nn(-c2ccccc2)c1N. The van der Waals surface area contributed by atoms with Crippen LogP contribution < -0.4 is 15.8 Å². The van der Waals surface area contributed by atoms with E-state index in [1.54, 1.807) is 47.4 Å². The number of rotatable bonds is 8. The molecule has 8 heteroatoms. The summed E-state index contributed by atoms with van der Waals surface area (Å²) >= 11 is 0. The number of para-hydroxylation sites is 1. The number of nitriles is 1. The smallest absolute Gasteiger partial charge is 0.251 e. The lowest BCUT2D eigenvalue weighted by atomic mass is 10.1. The Bertz CT molecular complexity index is 1260. The Morgan fingerprint density at radius 2 is 1.85 bits per heavy atom. The van der Waals surface area contributed by atoms with Crippen LogP contribution in [0.3, 0.4) is 0 Å². The molecule has 0 aliphatic rings. The zero-order valence-electron chi connectivity index (χ0n) is 17.8. The molecule has 3 N–H and O–H groups in total. The molecule has 33 heavy (non-hydrogen) atoms. The van der Waals surface area contributed by atoms with E-state index in [1.165, 1.54) is 0 Å². The first-order chi connectivity index (χ1) is 16.2. The lowest BCUT2D eigenvalue weighted by Crippen LogP contribution is -2.24. The van der Waals surface area contributed by atoms with Crippen molar-refractivity contribution < 1.29 is 9.53 Å². The number of nitrogens with two attached hydrogens (primary N) is 1. The normalized spacial score (nSPS) is 10.4. The van der Waals surface area contributed by atoms with Gasteiger partial charge in [0.2, 0.25) is 0 Å². The molecule has 2 heterocycles. The first-order valence-corrected chi connectivity index (χ1v) is 10.4. The largest absolute Gasteiger partial charge is 0.456 e. The Morgan fingerprint density at radius 1 is 1.06 bits per heavy atom. The Labute approximate surface area is 191 Å². The van der Waals surface area contributed by atoms with E-state index < -0.39 is 0 Å². The molecular weight excluding hydrogens is 416 g/mol. The summed E-state index contributed by atoms with van der Waals surface area (Å²) in [4.78, 5) is 16.4. The molecule has 4 rings (SSSR count). The number of aromatic nitrogens is 3. The molecule has 1 amide bonds. The van der Waals surface area contributed by atoms with Crippen LogP contribution in [-0.4, -0.2) is 27.2 Å². The maximum atomic E-state index is 12.4. The molecule has 0 saturated heterocycles. The number of ether oxygens (including phenoxy) is 1. The van der Waals surface area contributed by atoms with Crippen molar-refractivity contribution in [2.45, 2.75) is 12.8 Å². The standard InChI is InChI=1S/C25H22N6O2/c26-16-22-23(30-31(24(22)27)19-6-2-1-3-7-19)9-5-15-29-25(32)18-10-12-20(13-11-18)33-21-8-4-14-28-17-21/h1-4,6-8,10-14,17H,5,9,15,27H2,(H,29,32). The highest BCUT2D eigenvalue weighted by atomic mass is 16.5. The molecule has 4 aromatic rings. The summed E-state index contributed by atoms with van der Waals surface area (Å²) in [6.07, 6.45) is 4.43. The number of carbonyl (C=O) groups is 1. The van der Waals surface area contributed by atoms with Gasteiger partial charge in [0.15, 0.2) is 0 Å². The monoisotopic (exact) mass is 438 g/mol. The second-order valence-corrected chi connectivity index (χ2v) is 7.24. The van der Waals surface area contributed by atoms with Gasteiger partial charge >= 0.3 is 0 Å². The van der Waals surface area contributed by atoms with Crippen LogP contribution in [0.4, 0.5) is 5.82 Å². The topological polar surface area (TPSA) is 119 Å². The summed E-state index contributed by atoms with van der Waals surface area (Å²) in [5, 5.41) is 16.9. The number of nitrogens with zero attached hydrogens (tertiary/aromatic N) is 4. The van der Waals surface area contributed by atoms with Crippen LogP contribution in [0.1, 0.15) is 28.0 Å². The van der Waals surface area contributed by atoms with Crippen molar-refractivity contribution in [3.8, 4) is 23.3 Å². The molecule has 0 unspecified atom stereocenters. The molecule has 0 aliphatic carbocycles. The molecule has 164 valence electrons. The minimum atomic E-state index is -0.183. The van der Waals surface area contributed by atoms with Crippen LogP contribution in [0, 0.1) is 11.3 Å². The molecule has 2 aromatic heterocycles. The Balaban J connectivity index is 1.31. The summed E-state index contributed by atoms with van der Waals surface area (Å²) in [6.45, 7) is 0.440. The van der Waals surface area contributed by atoms with Crippen molar-refractivity contribution in [1.29, 1.82) is 5.26 Å². The van der Waals surface area contributed by atoms with Gasteiger partial charge in [-0.15, -0.1) is 0 Å². The van der Waals surface area contributed by atoms with Crippen LogP contribution in [0.2, 0.25) is 0 Å². The fraction of sp³-hybridized carbons (Fsp3) is 0.120.